The van der Waals surface area contributed by atoms with Gasteiger partial charge < -0.3 is 10.2 Å². The van der Waals surface area contributed by atoms with Gasteiger partial charge in [0, 0.05) is 0 Å². The van der Waals surface area contributed by atoms with E-state index in [4.69, 9.17) is 0 Å². The third kappa shape index (κ3) is 2.86. The molecule has 0 amide bonds. The maximum Gasteiger partial charge on any atom is 0.319 e. The Bertz CT molecular complexity index is 850. The fourth-order valence-electron chi connectivity index (χ4n) is 3.50. The molecule has 3 aromatic rings. The van der Waals surface area contributed by atoms with Crippen LogP contribution in [0.3, 0.4) is 0 Å². The normalized spacial score (nSPS) is 12.3. The number of aliphatic carboxylic acids is 2. The van der Waals surface area contributed by atoms with Crippen molar-refractivity contribution < 1.29 is 19.8 Å². The van der Waals surface area contributed by atoms with Gasteiger partial charge in [0.25, 0.3) is 0 Å². The molecule has 0 aliphatic heterocycles. The molecule has 0 saturated carbocycles. The standard InChI is InChI=1S/C22H18O4/c23-20(24)19(16-10-4-1-5-11-16)22(21(25)26,17-12-6-2-7-13-17)18-14-8-3-9-15-18/h1-15,19H,(H,23,24)(H,25,26). The third-order valence-electron chi connectivity index (χ3n) is 4.61. The van der Waals surface area contributed by atoms with Gasteiger partial charge in [-0.25, -0.2) is 0 Å². The number of carboxylic acids is 2. The first-order valence-electron chi connectivity index (χ1n) is 8.20. The molecule has 130 valence electrons. The first-order chi connectivity index (χ1) is 12.6. The van der Waals surface area contributed by atoms with Gasteiger partial charge >= 0.3 is 11.9 Å². The van der Waals surface area contributed by atoms with E-state index in [-0.39, 0.29) is 0 Å². The van der Waals surface area contributed by atoms with E-state index in [1.807, 2.05) is 0 Å². The number of hydrogen-bond donors (Lipinski definition) is 2. The van der Waals surface area contributed by atoms with Gasteiger partial charge in [-0.3, -0.25) is 9.59 Å². The average Bonchev–Trinajstić information content (AvgIpc) is 2.67. The number of benzene rings is 3. The molecule has 0 aliphatic carbocycles. The number of hydrogen-bond acceptors (Lipinski definition) is 2. The van der Waals surface area contributed by atoms with Crippen LogP contribution in [0.15, 0.2) is 91.0 Å². The SMILES string of the molecule is O=C(O)C(c1ccccc1)C(C(=O)O)(c1ccccc1)c1ccccc1. The Morgan fingerprint density at radius 2 is 1.04 bits per heavy atom. The Balaban J connectivity index is 2.40. The smallest absolute Gasteiger partial charge is 0.319 e. The van der Waals surface area contributed by atoms with Crippen LogP contribution in [0.2, 0.25) is 0 Å². The second-order valence-corrected chi connectivity index (χ2v) is 6.03. The number of carboxylic acid groups (broad SMARTS) is 2. The van der Waals surface area contributed by atoms with E-state index in [0.717, 1.165) is 0 Å². The predicted octanol–water partition coefficient (Wildman–Crippen LogP) is 3.93. The summed E-state index contributed by atoms with van der Waals surface area (Å²) >= 11 is 0. The van der Waals surface area contributed by atoms with Gasteiger partial charge in [0.2, 0.25) is 0 Å². The van der Waals surface area contributed by atoms with Crippen molar-refractivity contribution in [2.75, 3.05) is 0 Å². The van der Waals surface area contributed by atoms with Crippen molar-refractivity contribution in [3.05, 3.63) is 108 Å². The second-order valence-electron chi connectivity index (χ2n) is 6.03. The van der Waals surface area contributed by atoms with Crippen molar-refractivity contribution in [3.8, 4) is 0 Å². The summed E-state index contributed by atoms with van der Waals surface area (Å²) < 4.78 is 0. The highest BCUT2D eigenvalue weighted by atomic mass is 16.4. The van der Waals surface area contributed by atoms with E-state index in [9.17, 15) is 19.8 Å². The van der Waals surface area contributed by atoms with Crippen LogP contribution in [0.5, 0.6) is 0 Å². The Labute approximate surface area is 151 Å². The molecule has 0 aliphatic rings. The zero-order valence-electron chi connectivity index (χ0n) is 13.9. The maximum atomic E-state index is 12.7. The molecule has 0 saturated heterocycles. The molecule has 0 heterocycles. The monoisotopic (exact) mass is 346 g/mol. The summed E-state index contributed by atoms with van der Waals surface area (Å²) in [5.74, 6) is -3.68. The van der Waals surface area contributed by atoms with E-state index in [1.54, 1.807) is 91.0 Å². The minimum absolute atomic E-state index is 0.426. The highest BCUT2D eigenvalue weighted by molar-refractivity contribution is 5.95. The van der Waals surface area contributed by atoms with Crippen molar-refractivity contribution in [1.82, 2.24) is 0 Å². The van der Waals surface area contributed by atoms with Gasteiger partial charge in [0.15, 0.2) is 0 Å². The van der Waals surface area contributed by atoms with E-state index < -0.39 is 23.3 Å². The van der Waals surface area contributed by atoms with Gasteiger partial charge in [0.1, 0.15) is 11.3 Å². The summed E-state index contributed by atoms with van der Waals surface area (Å²) in [7, 11) is 0. The molecule has 0 aromatic heterocycles. The van der Waals surface area contributed by atoms with Crippen molar-refractivity contribution in [2.24, 2.45) is 0 Å². The van der Waals surface area contributed by atoms with Crippen LogP contribution < -0.4 is 0 Å². The molecule has 1 atom stereocenters. The largest absolute Gasteiger partial charge is 0.481 e. The molecular formula is C22H18O4. The van der Waals surface area contributed by atoms with Gasteiger partial charge in [-0.05, 0) is 16.7 Å². The van der Waals surface area contributed by atoms with E-state index in [2.05, 4.69) is 0 Å². The molecule has 2 N–H and O–H groups in total. The summed E-state index contributed by atoms with van der Waals surface area (Å²) in [4.78, 5) is 25.0. The van der Waals surface area contributed by atoms with Crippen molar-refractivity contribution >= 4 is 11.9 Å². The summed E-state index contributed by atoms with van der Waals surface area (Å²) in [6.45, 7) is 0. The van der Waals surface area contributed by atoms with Crippen LogP contribution >= 0.6 is 0 Å². The van der Waals surface area contributed by atoms with Crippen LogP contribution in [-0.4, -0.2) is 22.2 Å². The fraction of sp³-hybridized carbons (Fsp3) is 0.0909. The molecule has 26 heavy (non-hydrogen) atoms. The highest BCUT2D eigenvalue weighted by Crippen LogP contribution is 2.45. The lowest BCUT2D eigenvalue weighted by atomic mass is 9.63. The van der Waals surface area contributed by atoms with Crippen molar-refractivity contribution in [2.45, 2.75) is 11.3 Å². The lowest BCUT2D eigenvalue weighted by Gasteiger charge is -2.36. The third-order valence-corrected chi connectivity index (χ3v) is 4.61. The molecule has 1 unspecified atom stereocenters. The number of rotatable bonds is 6. The van der Waals surface area contributed by atoms with E-state index in [0.29, 0.717) is 16.7 Å². The summed E-state index contributed by atoms with van der Waals surface area (Å²) in [6, 6.07) is 25.6. The average molecular weight is 346 g/mol. The van der Waals surface area contributed by atoms with Gasteiger partial charge in [-0.1, -0.05) is 91.0 Å². The Morgan fingerprint density at radius 3 is 1.38 bits per heavy atom. The zero-order chi connectivity index (χ0) is 18.6. The molecule has 0 fully saturated rings. The van der Waals surface area contributed by atoms with Gasteiger partial charge in [0.05, 0.1) is 0 Å². The first kappa shape index (κ1) is 17.4. The molecule has 4 nitrogen and oxygen atoms in total. The minimum Gasteiger partial charge on any atom is -0.481 e. The maximum absolute atomic E-state index is 12.7. The predicted molar refractivity (Wildman–Crippen MR) is 98.1 cm³/mol. The topological polar surface area (TPSA) is 74.6 Å². The summed E-state index contributed by atoms with van der Waals surface area (Å²) in [6.07, 6.45) is 0. The zero-order valence-corrected chi connectivity index (χ0v) is 13.9. The quantitative estimate of drug-likeness (QED) is 0.709. The first-order valence-corrected chi connectivity index (χ1v) is 8.20. The van der Waals surface area contributed by atoms with Gasteiger partial charge in [-0.15, -0.1) is 0 Å². The van der Waals surface area contributed by atoms with E-state index >= 15 is 0 Å². The Morgan fingerprint density at radius 1 is 0.654 bits per heavy atom. The van der Waals surface area contributed by atoms with Crippen LogP contribution in [-0.2, 0) is 15.0 Å². The highest BCUT2D eigenvalue weighted by Gasteiger charge is 2.53. The Hall–Kier alpha value is -3.40. The summed E-state index contributed by atoms with van der Waals surface area (Å²) in [5, 5.41) is 20.4. The number of carbonyl (C=O) groups is 2. The van der Waals surface area contributed by atoms with Crippen LogP contribution in [0.4, 0.5) is 0 Å². The molecule has 3 aromatic carbocycles. The summed E-state index contributed by atoms with van der Waals surface area (Å²) in [5.41, 5.74) is -0.463. The Kier molecular flexibility index (Phi) is 4.85. The molecular weight excluding hydrogens is 328 g/mol. The van der Waals surface area contributed by atoms with Crippen LogP contribution in [0.25, 0.3) is 0 Å². The van der Waals surface area contributed by atoms with E-state index in [1.165, 1.54) is 0 Å². The van der Waals surface area contributed by atoms with Crippen molar-refractivity contribution in [3.63, 3.8) is 0 Å². The van der Waals surface area contributed by atoms with Crippen LogP contribution in [0, 0.1) is 0 Å². The molecule has 4 heteroatoms. The molecule has 0 radical (unpaired) electrons. The molecule has 0 bridgehead atoms. The van der Waals surface area contributed by atoms with Crippen molar-refractivity contribution in [1.29, 1.82) is 0 Å². The van der Waals surface area contributed by atoms with Crippen LogP contribution in [0.1, 0.15) is 22.6 Å². The molecule has 0 spiro atoms. The molecule has 3 rings (SSSR count). The lowest BCUT2D eigenvalue weighted by Crippen LogP contribution is -2.46. The fourth-order valence-corrected chi connectivity index (χ4v) is 3.50. The minimum atomic E-state index is -1.75. The van der Waals surface area contributed by atoms with Gasteiger partial charge in [-0.2, -0.15) is 0 Å². The lowest BCUT2D eigenvalue weighted by molar-refractivity contribution is -0.150. The second kappa shape index (κ2) is 7.23.